The van der Waals surface area contributed by atoms with Crippen LogP contribution in [0.1, 0.15) is 25.7 Å². The van der Waals surface area contributed by atoms with Gasteiger partial charge in [-0.05, 0) is 58.8 Å². The molecule has 0 unspecified atom stereocenters. The first-order valence-corrected chi connectivity index (χ1v) is 7.92. The largest absolute Gasteiger partial charge is 0.396 e. The minimum absolute atomic E-state index is 0.276. The maximum absolute atomic E-state index is 9.19. The second-order valence-electron chi connectivity index (χ2n) is 5.69. The fourth-order valence-electron chi connectivity index (χ4n) is 2.92. The number of aromatic nitrogens is 1. The minimum atomic E-state index is 0.276. The van der Waals surface area contributed by atoms with Gasteiger partial charge in [-0.1, -0.05) is 18.6 Å². The summed E-state index contributed by atoms with van der Waals surface area (Å²) in [6.07, 6.45) is 4.57. The molecule has 1 fully saturated rings. The first-order valence-electron chi connectivity index (χ1n) is 7.12. The lowest BCUT2D eigenvalue weighted by Crippen LogP contribution is -2.37. The van der Waals surface area contributed by atoms with Gasteiger partial charge in [-0.3, -0.25) is 0 Å². The zero-order valence-corrected chi connectivity index (χ0v) is 13.0. The monoisotopic (exact) mass is 334 g/mol. The van der Waals surface area contributed by atoms with Crippen LogP contribution < -0.4 is 5.32 Å². The maximum Gasteiger partial charge on any atom is 0.126 e. The van der Waals surface area contributed by atoms with Crippen molar-refractivity contribution in [3.05, 3.63) is 34.8 Å². The van der Waals surface area contributed by atoms with E-state index in [4.69, 9.17) is 0 Å². The molecule has 4 heteroatoms. The Kier molecular flexibility index (Phi) is 3.94. The van der Waals surface area contributed by atoms with E-state index >= 15 is 0 Å². The molecule has 2 aromatic rings. The average Bonchev–Trinajstić information content (AvgIpc) is 2.42. The predicted molar refractivity (Wildman–Crippen MR) is 85.9 cm³/mol. The third kappa shape index (κ3) is 2.67. The first kappa shape index (κ1) is 13.8. The summed E-state index contributed by atoms with van der Waals surface area (Å²) in [5.74, 6) is 0.911. The molecule has 0 radical (unpaired) electrons. The number of fused-ring (bicyclic) bond motifs is 1. The maximum atomic E-state index is 9.19. The van der Waals surface area contributed by atoms with Gasteiger partial charge in [0.15, 0.2) is 0 Å². The topological polar surface area (TPSA) is 45.1 Å². The van der Waals surface area contributed by atoms with Gasteiger partial charge in [-0.2, -0.15) is 0 Å². The summed E-state index contributed by atoms with van der Waals surface area (Å²) < 4.78 is 1.02. The van der Waals surface area contributed by atoms with E-state index in [-0.39, 0.29) is 12.0 Å². The Morgan fingerprint density at radius 2 is 2.10 bits per heavy atom. The van der Waals surface area contributed by atoms with Gasteiger partial charge in [-0.15, -0.1) is 0 Å². The number of nitrogens with zero attached hydrogens (tertiary/aromatic N) is 1. The standard InChI is InChI=1S/C16H19BrN2O/c17-13-4-1-3-12-5-6-14(19-15(12)13)18-11-16(9-10-20)7-2-8-16/h1,3-6,20H,2,7-11H2,(H,18,19). The molecule has 1 aromatic carbocycles. The Hall–Kier alpha value is -1.13. The lowest BCUT2D eigenvalue weighted by Gasteiger charge is -2.42. The first-order chi connectivity index (χ1) is 9.72. The average molecular weight is 335 g/mol. The number of pyridine rings is 1. The molecule has 1 heterocycles. The van der Waals surface area contributed by atoms with E-state index in [1.54, 1.807) is 0 Å². The number of hydrogen-bond acceptors (Lipinski definition) is 3. The summed E-state index contributed by atoms with van der Waals surface area (Å²) in [5, 5.41) is 13.8. The fourth-order valence-corrected chi connectivity index (χ4v) is 3.39. The van der Waals surface area contributed by atoms with Gasteiger partial charge in [0, 0.05) is 23.0 Å². The Bertz CT molecular complexity index is 610. The van der Waals surface area contributed by atoms with Gasteiger partial charge in [0.1, 0.15) is 5.82 Å². The minimum Gasteiger partial charge on any atom is -0.396 e. The van der Waals surface area contributed by atoms with E-state index in [1.807, 2.05) is 18.2 Å². The Balaban J connectivity index is 1.76. The second-order valence-corrected chi connectivity index (χ2v) is 6.54. The summed E-state index contributed by atoms with van der Waals surface area (Å²) in [4.78, 5) is 4.68. The zero-order chi connectivity index (χ0) is 14.0. The highest BCUT2D eigenvalue weighted by Crippen LogP contribution is 2.43. The molecule has 0 atom stereocenters. The van der Waals surface area contributed by atoms with Gasteiger partial charge in [-0.25, -0.2) is 4.98 Å². The number of anilines is 1. The number of aliphatic hydroxyl groups excluding tert-OH is 1. The van der Waals surface area contributed by atoms with Crippen LogP contribution in [0.5, 0.6) is 0 Å². The molecule has 0 spiro atoms. The molecule has 106 valence electrons. The van der Waals surface area contributed by atoms with Crippen molar-refractivity contribution >= 4 is 32.7 Å². The molecule has 1 saturated carbocycles. The van der Waals surface area contributed by atoms with Crippen LogP contribution in [0.3, 0.4) is 0 Å². The predicted octanol–water partition coefficient (Wildman–Crippen LogP) is 3.96. The molecule has 0 bridgehead atoms. The molecule has 1 aliphatic rings. The van der Waals surface area contributed by atoms with Crippen molar-refractivity contribution in [1.29, 1.82) is 0 Å². The van der Waals surface area contributed by atoms with Crippen molar-refractivity contribution in [3.63, 3.8) is 0 Å². The Morgan fingerprint density at radius 3 is 2.80 bits per heavy atom. The van der Waals surface area contributed by atoms with Crippen LogP contribution in [0.25, 0.3) is 10.9 Å². The highest BCUT2D eigenvalue weighted by Gasteiger charge is 2.36. The van der Waals surface area contributed by atoms with E-state index in [2.05, 4.69) is 38.4 Å². The van der Waals surface area contributed by atoms with Crippen molar-refractivity contribution < 1.29 is 5.11 Å². The number of aliphatic hydroxyl groups is 1. The van der Waals surface area contributed by atoms with Crippen LogP contribution in [-0.4, -0.2) is 23.2 Å². The summed E-state index contributed by atoms with van der Waals surface area (Å²) in [6, 6.07) is 10.2. The molecule has 3 nitrogen and oxygen atoms in total. The van der Waals surface area contributed by atoms with Gasteiger partial charge in [0.2, 0.25) is 0 Å². The number of hydrogen-bond donors (Lipinski definition) is 2. The molecule has 0 amide bonds. The molecule has 0 aliphatic heterocycles. The number of halogens is 1. The summed E-state index contributed by atoms with van der Waals surface area (Å²) in [5.41, 5.74) is 1.27. The van der Waals surface area contributed by atoms with Crippen molar-refractivity contribution in [3.8, 4) is 0 Å². The van der Waals surface area contributed by atoms with E-state index in [1.165, 1.54) is 19.3 Å². The SMILES string of the molecule is OCCC1(CNc2ccc3cccc(Br)c3n2)CCC1. The number of benzene rings is 1. The Labute approximate surface area is 127 Å². The molecular weight excluding hydrogens is 316 g/mol. The third-order valence-corrected chi connectivity index (χ3v) is 5.01. The van der Waals surface area contributed by atoms with Gasteiger partial charge in [0.05, 0.1) is 5.52 Å². The zero-order valence-electron chi connectivity index (χ0n) is 11.4. The van der Waals surface area contributed by atoms with Crippen molar-refractivity contribution in [1.82, 2.24) is 4.98 Å². The van der Waals surface area contributed by atoms with Crippen LogP contribution in [0, 0.1) is 5.41 Å². The van der Waals surface area contributed by atoms with E-state index in [9.17, 15) is 5.11 Å². The highest BCUT2D eigenvalue weighted by atomic mass is 79.9. The molecule has 1 aromatic heterocycles. The van der Waals surface area contributed by atoms with E-state index < -0.39 is 0 Å². The van der Waals surface area contributed by atoms with E-state index in [0.29, 0.717) is 0 Å². The normalized spacial score (nSPS) is 16.9. The number of para-hydroxylation sites is 1. The highest BCUT2D eigenvalue weighted by molar-refractivity contribution is 9.10. The summed E-state index contributed by atoms with van der Waals surface area (Å²) >= 11 is 3.55. The van der Waals surface area contributed by atoms with Crippen LogP contribution in [-0.2, 0) is 0 Å². The quantitative estimate of drug-likeness (QED) is 0.869. The van der Waals surface area contributed by atoms with Crippen molar-refractivity contribution in [2.75, 3.05) is 18.5 Å². The van der Waals surface area contributed by atoms with E-state index in [0.717, 1.165) is 34.2 Å². The molecule has 2 N–H and O–H groups in total. The van der Waals surface area contributed by atoms with Gasteiger partial charge < -0.3 is 10.4 Å². The lowest BCUT2D eigenvalue weighted by molar-refractivity contribution is 0.102. The summed E-state index contributed by atoms with van der Waals surface area (Å²) in [6.45, 7) is 1.18. The van der Waals surface area contributed by atoms with Gasteiger partial charge in [0.25, 0.3) is 0 Å². The van der Waals surface area contributed by atoms with Crippen LogP contribution in [0.15, 0.2) is 34.8 Å². The van der Waals surface area contributed by atoms with Gasteiger partial charge >= 0.3 is 0 Å². The van der Waals surface area contributed by atoms with Crippen LogP contribution >= 0.6 is 15.9 Å². The van der Waals surface area contributed by atoms with Crippen LogP contribution in [0.2, 0.25) is 0 Å². The number of rotatable bonds is 5. The molecular formula is C16H19BrN2O. The Morgan fingerprint density at radius 1 is 1.25 bits per heavy atom. The number of nitrogens with one attached hydrogen (secondary N) is 1. The molecule has 20 heavy (non-hydrogen) atoms. The molecule has 1 aliphatic carbocycles. The molecule has 3 rings (SSSR count). The third-order valence-electron chi connectivity index (χ3n) is 4.37. The fraction of sp³-hybridized carbons (Fsp3) is 0.438. The van der Waals surface area contributed by atoms with Crippen molar-refractivity contribution in [2.45, 2.75) is 25.7 Å². The summed E-state index contributed by atoms with van der Waals surface area (Å²) in [7, 11) is 0. The van der Waals surface area contributed by atoms with Crippen LogP contribution in [0.4, 0.5) is 5.82 Å². The van der Waals surface area contributed by atoms with Crippen molar-refractivity contribution in [2.24, 2.45) is 5.41 Å². The smallest absolute Gasteiger partial charge is 0.126 e. The molecule has 0 saturated heterocycles. The second kappa shape index (κ2) is 5.70. The lowest BCUT2D eigenvalue weighted by atomic mass is 9.67.